The molecular weight excluding hydrogens is 236 g/mol. The highest BCUT2D eigenvalue weighted by atomic mass is 32.2. The quantitative estimate of drug-likeness (QED) is 0.541. The van der Waals surface area contributed by atoms with E-state index in [-0.39, 0.29) is 11.8 Å². The molecule has 0 saturated heterocycles. The fourth-order valence-corrected chi connectivity index (χ4v) is 3.49. The lowest BCUT2D eigenvalue weighted by Crippen LogP contribution is -2.38. The first-order valence-corrected chi connectivity index (χ1v) is 8.50. The molecule has 0 bridgehead atoms. The normalized spacial score (nSPS) is 19.1. The molecule has 0 atom stereocenters. The molecule has 0 aromatic carbocycles. The van der Waals surface area contributed by atoms with Crippen LogP contribution in [0.1, 0.15) is 51.9 Å². The first-order chi connectivity index (χ1) is 8.14. The van der Waals surface area contributed by atoms with Gasteiger partial charge in [0.1, 0.15) is 0 Å². The summed E-state index contributed by atoms with van der Waals surface area (Å²) >= 11 is 0. The van der Waals surface area contributed by atoms with E-state index >= 15 is 0 Å². The molecule has 0 spiro atoms. The standard InChI is InChI=1S/C12H26N2O2S/c1-2-9-13-10-11-17(15,16)14-12-7-5-3-4-6-8-12/h12-14H,2-11H2,1H3. The molecule has 0 unspecified atom stereocenters. The molecule has 1 saturated carbocycles. The van der Waals surface area contributed by atoms with E-state index in [2.05, 4.69) is 17.0 Å². The molecule has 5 heteroatoms. The average Bonchev–Trinajstić information content (AvgIpc) is 2.52. The zero-order valence-electron chi connectivity index (χ0n) is 10.9. The van der Waals surface area contributed by atoms with Gasteiger partial charge in [-0.2, -0.15) is 0 Å². The summed E-state index contributed by atoms with van der Waals surface area (Å²) in [4.78, 5) is 0. The Hall–Kier alpha value is -0.130. The fraction of sp³-hybridized carbons (Fsp3) is 1.00. The predicted molar refractivity (Wildman–Crippen MR) is 71.6 cm³/mol. The van der Waals surface area contributed by atoms with E-state index in [1.165, 1.54) is 12.8 Å². The number of sulfonamides is 1. The Morgan fingerprint density at radius 2 is 1.71 bits per heavy atom. The number of rotatable bonds is 7. The summed E-state index contributed by atoms with van der Waals surface area (Å²) < 4.78 is 26.5. The van der Waals surface area contributed by atoms with Crippen LogP contribution in [-0.2, 0) is 10.0 Å². The van der Waals surface area contributed by atoms with E-state index in [1.54, 1.807) is 0 Å². The molecule has 1 rings (SSSR count). The van der Waals surface area contributed by atoms with E-state index in [9.17, 15) is 8.42 Å². The maximum Gasteiger partial charge on any atom is 0.213 e. The van der Waals surface area contributed by atoms with Crippen molar-refractivity contribution in [3.63, 3.8) is 0 Å². The van der Waals surface area contributed by atoms with Crippen molar-refractivity contribution in [3.05, 3.63) is 0 Å². The molecule has 4 nitrogen and oxygen atoms in total. The third-order valence-corrected chi connectivity index (χ3v) is 4.61. The smallest absolute Gasteiger partial charge is 0.213 e. The molecule has 1 aliphatic rings. The summed E-state index contributed by atoms with van der Waals surface area (Å²) in [7, 11) is -3.09. The zero-order valence-corrected chi connectivity index (χ0v) is 11.7. The molecule has 2 N–H and O–H groups in total. The van der Waals surface area contributed by atoms with Crippen molar-refractivity contribution < 1.29 is 8.42 Å². The highest BCUT2D eigenvalue weighted by Gasteiger charge is 2.18. The topological polar surface area (TPSA) is 58.2 Å². The molecule has 0 aromatic heterocycles. The lowest BCUT2D eigenvalue weighted by Gasteiger charge is -2.16. The first kappa shape index (κ1) is 14.9. The van der Waals surface area contributed by atoms with Crippen LogP contribution < -0.4 is 10.0 Å². The molecule has 1 aliphatic carbocycles. The summed E-state index contributed by atoms with van der Waals surface area (Å²) in [6, 6.07) is 0.175. The molecule has 102 valence electrons. The van der Waals surface area contributed by atoms with Crippen LogP contribution in [0.15, 0.2) is 0 Å². The molecule has 0 aliphatic heterocycles. The summed E-state index contributed by atoms with van der Waals surface area (Å²) in [6.45, 7) is 3.51. The second-order valence-corrected chi connectivity index (χ2v) is 6.75. The predicted octanol–water partition coefficient (Wildman–Crippen LogP) is 1.63. The van der Waals surface area contributed by atoms with Crippen molar-refractivity contribution in [2.75, 3.05) is 18.8 Å². The zero-order chi connectivity index (χ0) is 12.6. The van der Waals surface area contributed by atoms with Gasteiger partial charge in [0.05, 0.1) is 5.75 Å². The van der Waals surface area contributed by atoms with Crippen molar-refractivity contribution in [2.24, 2.45) is 0 Å². The van der Waals surface area contributed by atoms with E-state index in [4.69, 9.17) is 0 Å². The summed E-state index contributed by atoms with van der Waals surface area (Å²) in [5.41, 5.74) is 0. The van der Waals surface area contributed by atoms with Gasteiger partial charge in [0.25, 0.3) is 0 Å². The Labute approximate surface area is 106 Å². The van der Waals surface area contributed by atoms with Crippen molar-refractivity contribution in [1.29, 1.82) is 0 Å². The van der Waals surface area contributed by atoms with Crippen LogP contribution in [0.25, 0.3) is 0 Å². The van der Waals surface area contributed by atoms with E-state index < -0.39 is 10.0 Å². The van der Waals surface area contributed by atoms with Crippen molar-refractivity contribution in [3.8, 4) is 0 Å². The number of hydrogen-bond acceptors (Lipinski definition) is 3. The van der Waals surface area contributed by atoms with Crippen LogP contribution in [0, 0.1) is 0 Å². The highest BCUT2D eigenvalue weighted by molar-refractivity contribution is 7.89. The largest absolute Gasteiger partial charge is 0.316 e. The van der Waals surface area contributed by atoms with E-state index in [0.717, 1.165) is 38.6 Å². The summed E-state index contributed by atoms with van der Waals surface area (Å²) in [5.74, 6) is 0.198. The monoisotopic (exact) mass is 262 g/mol. The average molecular weight is 262 g/mol. The van der Waals surface area contributed by atoms with Crippen LogP contribution >= 0.6 is 0 Å². The number of nitrogens with one attached hydrogen (secondary N) is 2. The van der Waals surface area contributed by atoms with E-state index in [0.29, 0.717) is 6.54 Å². The Morgan fingerprint density at radius 3 is 2.29 bits per heavy atom. The Kier molecular flexibility index (Phi) is 7.08. The van der Waals surface area contributed by atoms with Gasteiger partial charge in [-0.25, -0.2) is 13.1 Å². The van der Waals surface area contributed by atoms with Crippen LogP contribution in [0.5, 0.6) is 0 Å². The summed E-state index contributed by atoms with van der Waals surface area (Å²) in [6.07, 6.45) is 7.84. The lowest BCUT2D eigenvalue weighted by molar-refractivity contribution is 0.508. The second kappa shape index (κ2) is 8.06. The van der Waals surface area contributed by atoms with Gasteiger partial charge in [-0.3, -0.25) is 0 Å². The third-order valence-electron chi connectivity index (χ3n) is 3.18. The van der Waals surface area contributed by atoms with Gasteiger partial charge < -0.3 is 5.32 Å². The lowest BCUT2D eigenvalue weighted by atomic mass is 10.1. The Balaban J connectivity index is 2.26. The fourth-order valence-electron chi connectivity index (χ4n) is 2.22. The molecule has 0 heterocycles. The SMILES string of the molecule is CCCNCCS(=O)(=O)NC1CCCCCC1. The minimum absolute atomic E-state index is 0.175. The Bertz CT molecular complexity index is 283. The van der Waals surface area contributed by atoms with Crippen molar-refractivity contribution in [2.45, 2.75) is 57.9 Å². The third kappa shape index (κ3) is 7.01. The van der Waals surface area contributed by atoms with Gasteiger partial charge in [0.2, 0.25) is 10.0 Å². The van der Waals surface area contributed by atoms with Gasteiger partial charge in [-0.05, 0) is 25.8 Å². The molecule has 0 radical (unpaired) electrons. The minimum atomic E-state index is -3.09. The number of hydrogen-bond donors (Lipinski definition) is 2. The Morgan fingerprint density at radius 1 is 1.06 bits per heavy atom. The van der Waals surface area contributed by atoms with Gasteiger partial charge in [-0.1, -0.05) is 32.6 Å². The van der Waals surface area contributed by atoms with Crippen molar-refractivity contribution in [1.82, 2.24) is 10.0 Å². The van der Waals surface area contributed by atoms with Crippen LogP contribution in [-0.4, -0.2) is 33.3 Å². The van der Waals surface area contributed by atoms with Gasteiger partial charge in [-0.15, -0.1) is 0 Å². The van der Waals surface area contributed by atoms with Gasteiger partial charge in [0.15, 0.2) is 0 Å². The van der Waals surface area contributed by atoms with Crippen LogP contribution in [0.2, 0.25) is 0 Å². The second-order valence-electron chi connectivity index (χ2n) is 4.88. The highest BCUT2D eigenvalue weighted by Crippen LogP contribution is 2.17. The molecular formula is C12H26N2O2S. The van der Waals surface area contributed by atoms with Gasteiger partial charge in [0, 0.05) is 12.6 Å². The first-order valence-electron chi connectivity index (χ1n) is 6.85. The molecule has 0 aromatic rings. The molecule has 0 amide bonds. The maximum absolute atomic E-state index is 11.8. The van der Waals surface area contributed by atoms with Gasteiger partial charge >= 0.3 is 0 Å². The minimum Gasteiger partial charge on any atom is -0.316 e. The molecule has 17 heavy (non-hydrogen) atoms. The van der Waals surface area contributed by atoms with Crippen molar-refractivity contribution >= 4 is 10.0 Å². The van der Waals surface area contributed by atoms with Crippen LogP contribution in [0.3, 0.4) is 0 Å². The molecule has 1 fully saturated rings. The maximum atomic E-state index is 11.8. The summed E-state index contributed by atoms with van der Waals surface area (Å²) in [5, 5.41) is 3.12. The van der Waals surface area contributed by atoms with E-state index in [1.807, 2.05) is 0 Å². The van der Waals surface area contributed by atoms with Crippen LogP contribution in [0.4, 0.5) is 0 Å².